The molecule has 1 saturated heterocycles. The van der Waals surface area contributed by atoms with Crippen molar-refractivity contribution in [2.24, 2.45) is 0 Å². The van der Waals surface area contributed by atoms with Crippen molar-refractivity contribution in [3.8, 4) is 0 Å². The summed E-state index contributed by atoms with van der Waals surface area (Å²) < 4.78 is 0. The van der Waals surface area contributed by atoms with Crippen molar-refractivity contribution in [2.45, 2.75) is 45.1 Å². The number of amides is 1. The zero-order chi connectivity index (χ0) is 14.4. The first kappa shape index (κ1) is 15.0. The van der Waals surface area contributed by atoms with Gasteiger partial charge >= 0.3 is 0 Å². The lowest BCUT2D eigenvalue weighted by Gasteiger charge is -2.32. The van der Waals surface area contributed by atoms with E-state index < -0.39 is 0 Å². The maximum Gasteiger partial charge on any atom is 0.236 e. The largest absolute Gasteiger partial charge is 0.342 e. The van der Waals surface area contributed by atoms with Crippen LogP contribution in [0.1, 0.15) is 44.6 Å². The van der Waals surface area contributed by atoms with E-state index in [9.17, 15) is 4.79 Å². The fraction of sp³-hybridized carbons (Fsp3) is 0.588. The number of nitrogens with one attached hydrogen (secondary N) is 1. The molecule has 1 aliphatic rings. The van der Waals surface area contributed by atoms with Gasteiger partial charge in [-0.2, -0.15) is 0 Å². The number of carbonyl (C=O) groups is 1. The summed E-state index contributed by atoms with van der Waals surface area (Å²) in [6.07, 6.45) is 3.22. The molecule has 1 aromatic carbocycles. The highest BCUT2D eigenvalue weighted by molar-refractivity contribution is 5.78. The summed E-state index contributed by atoms with van der Waals surface area (Å²) in [5.74, 6) is 0.861. The molecule has 1 N–H and O–H groups in total. The third-order valence-electron chi connectivity index (χ3n) is 4.33. The number of rotatable bonds is 5. The van der Waals surface area contributed by atoms with Gasteiger partial charge in [0.15, 0.2) is 0 Å². The number of hydrogen-bond acceptors (Lipinski definition) is 2. The van der Waals surface area contributed by atoms with Crippen LogP contribution in [0.15, 0.2) is 30.3 Å². The first-order chi connectivity index (χ1) is 9.70. The van der Waals surface area contributed by atoms with Crippen molar-refractivity contribution in [2.75, 3.05) is 19.6 Å². The van der Waals surface area contributed by atoms with Gasteiger partial charge in [-0.05, 0) is 37.7 Å². The van der Waals surface area contributed by atoms with Crippen molar-refractivity contribution in [1.82, 2.24) is 10.2 Å². The average Bonchev–Trinajstić information content (AvgIpc) is 2.53. The van der Waals surface area contributed by atoms with E-state index in [0.29, 0.717) is 18.5 Å². The van der Waals surface area contributed by atoms with E-state index in [0.717, 1.165) is 32.4 Å². The number of nitrogens with zero attached hydrogens (tertiary/aromatic N) is 1. The number of likely N-dealkylation sites (tertiary alicyclic amines) is 1. The fourth-order valence-electron chi connectivity index (χ4n) is 2.71. The Morgan fingerprint density at radius 2 is 1.95 bits per heavy atom. The second-order valence-corrected chi connectivity index (χ2v) is 5.76. The topological polar surface area (TPSA) is 32.3 Å². The molecule has 1 atom stereocenters. The minimum absolute atomic E-state index is 0.247. The van der Waals surface area contributed by atoms with E-state index in [1.807, 2.05) is 4.90 Å². The molecule has 3 heteroatoms. The summed E-state index contributed by atoms with van der Waals surface area (Å²) in [6.45, 7) is 6.51. The van der Waals surface area contributed by atoms with Crippen LogP contribution in [0.2, 0.25) is 0 Å². The summed E-state index contributed by atoms with van der Waals surface area (Å²) in [6, 6.07) is 11.1. The van der Waals surface area contributed by atoms with E-state index in [2.05, 4.69) is 49.5 Å². The maximum atomic E-state index is 12.1. The molecule has 0 spiro atoms. The summed E-state index contributed by atoms with van der Waals surface area (Å²) in [5, 5.41) is 3.28. The maximum absolute atomic E-state index is 12.1. The highest BCUT2D eigenvalue weighted by Crippen LogP contribution is 2.27. The summed E-state index contributed by atoms with van der Waals surface area (Å²) >= 11 is 0. The molecule has 1 aromatic rings. The standard InChI is InChI=1S/C17H26N2O/c1-3-14(2)18-13-17(20)19-11-9-16(10-12-19)15-7-5-4-6-8-15/h4-8,14,16,18H,3,9-13H2,1-2H3. The highest BCUT2D eigenvalue weighted by Gasteiger charge is 2.23. The van der Waals surface area contributed by atoms with Gasteiger partial charge in [0.05, 0.1) is 6.54 Å². The van der Waals surface area contributed by atoms with Gasteiger partial charge in [0.2, 0.25) is 5.91 Å². The molecule has 0 saturated carbocycles. The van der Waals surface area contributed by atoms with Crippen LogP contribution in [-0.2, 0) is 4.79 Å². The lowest BCUT2D eigenvalue weighted by molar-refractivity contribution is -0.131. The zero-order valence-electron chi connectivity index (χ0n) is 12.6. The predicted molar refractivity (Wildman–Crippen MR) is 82.8 cm³/mol. The second-order valence-electron chi connectivity index (χ2n) is 5.76. The van der Waals surface area contributed by atoms with Gasteiger partial charge in [-0.25, -0.2) is 0 Å². The van der Waals surface area contributed by atoms with Crippen LogP contribution in [0, 0.1) is 0 Å². The van der Waals surface area contributed by atoms with Crippen LogP contribution in [0.5, 0.6) is 0 Å². The van der Waals surface area contributed by atoms with Gasteiger partial charge in [-0.15, -0.1) is 0 Å². The lowest BCUT2D eigenvalue weighted by Crippen LogP contribution is -2.44. The molecule has 0 radical (unpaired) electrons. The molecule has 20 heavy (non-hydrogen) atoms. The van der Waals surface area contributed by atoms with Crippen molar-refractivity contribution in [3.63, 3.8) is 0 Å². The van der Waals surface area contributed by atoms with Crippen LogP contribution in [0.25, 0.3) is 0 Å². The Morgan fingerprint density at radius 3 is 2.55 bits per heavy atom. The minimum Gasteiger partial charge on any atom is -0.342 e. The molecule has 110 valence electrons. The normalized spacial score (nSPS) is 18.0. The Labute approximate surface area is 122 Å². The predicted octanol–water partition coefficient (Wildman–Crippen LogP) is 2.78. The molecule has 0 aliphatic carbocycles. The van der Waals surface area contributed by atoms with Crippen molar-refractivity contribution >= 4 is 5.91 Å². The van der Waals surface area contributed by atoms with Crippen LogP contribution < -0.4 is 5.32 Å². The number of piperidine rings is 1. The molecular weight excluding hydrogens is 248 g/mol. The monoisotopic (exact) mass is 274 g/mol. The highest BCUT2D eigenvalue weighted by atomic mass is 16.2. The summed E-state index contributed by atoms with van der Waals surface area (Å²) in [5.41, 5.74) is 1.41. The smallest absolute Gasteiger partial charge is 0.236 e. The molecule has 1 unspecified atom stereocenters. The van der Waals surface area contributed by atoms with Gasteiger partial charge in [0, 0.05) is 19.1 Å². The minimum atomic E-state index is 0.247. The molecule has 1 fully saturated rings. The van der Waals surface area contributed by atoms with Crippen molar-refractivity contribution < 1.29 is 4.79 Å². The first-order valence-corrected chi connectivity index (χ1v) is 7.76. The van der Waals surface area contributed by atoms with Gasteiger partial charge in [-0.1, -0.05) is 37.3 Å². The molecule has 1 heterocycles. The molecule has 0 bridgehead atoms. The molecule has 3 nitrogen and oxygen atoms in total. The van der Waals surface area contributed by atoms with E-state index >= 15 is 0 Å². The van der Waals surface area contributed by atoms with Crippen LogP contribution in [0.3, 0.4) is 0 Å². The Kier molecular flexibility index (Phi) is 5.60. The Bertz CT molecular complexity index is 410. The Balaban J connectivity index is 1.78. The Hall–Kier alpha value is -1.35. The SMILES string of the molecule is CCC(C)NCC(=O)N1CCC(c2ccccc2)CC1. The lowest BCUT2D eigenvalue weighted by atomic mass is 9.89. The van der Waals surface area contributed by atoms with Gasteiger partial charge < -0.3 is 10.2 Å². The molecule has 1 amide bonds. The molecular formula is C17H26N2O. The third kappa shape index (κ3) is 4.07. The third-order valence-corrected chi connectivity index (χ3v) is 4.33. The number of benzene rings is 1. The van der Waals surface area contributed by atoms with Crippen LogP contribution >= 0.6 is 0 Å². The summed E-state index contributed by atoms with van der Waals surface area (Å²) in [4.78, 5) is 14.1. The first-order valence-electron chi connectivity index (χ1n) is 7.76. The molecule has 2 rings (SSSR count). The molecule has 0 aromatic heterocycles. The quantitative estimate of drug-likeness (QED) is 0.895. The zero-order valence-corrected chi connectivity index (χ0v) is 12.6. The van der Waals surface area contributed by atoms with Gasteiger partial charge in [0.25, 0.3) is 0 Å². The number of carbonyl (C=O) groups excluding carboxylic acids is 1. The van der Waals surface area contributed by atoms with Gasteiger partial charge in [-0.3, -0.25) is 4.79 Å². The van der Waals surface area contributed by atoms with E-state index in [1.54, 1.807) is 0 Å². The Morgan fingerprint density at radius 1 is 1.30 bits per heavy atom. The van der Waals surface area contributed by atoms with E-state index in [4.69, 9.17) is 0 Å². The van der Waals surface area contributed by atoms with Crippen LogP contribution in [-0.4, -0.2) is 36.5 Å². The average molecular weight is 274 g/mol. The number of hydrogen-bond donors (Lipinski definition) is 1. The molecule has 1 aliphatic heterocycles. The fourth-order valence-corrected chi connectivity index (χ4v) is 2.71. The van der Waals surface area contributed by atoms with E-state index in [-0.39, 0.29) is 5.91 Å². The van der Waals surface area contributed by atoms with Crippen molar-refractivity contribution in [3.05, 3.63) is 35.9 Å². The second kappa shape index (κ2) is 7.44. The van der Waals surface area contributed by atoms with Gasteiger partial charge in [0.1, 0.15) is 0 Å². The van der Waals surface area contributed by atoms with Crippen LogP contribution in [0.4, 0.5) is 0 Å². The summed E-state index contributed by atoms with van der Waals surface area (Å²) in [7, 11) is 0. The van der Waals surface area contributed by atoms with Crippen molar-refractivity contribution in [1.29, 1.82) is 0 Å². The van der Waals surface area contributed by atoms with E-state index in [1.165, 1.54) is 5.56 Å².